The molecule has 1 aliphatic rings. The third kappa shape index (κ3) is 5.22. The number of nitrogens with zero attached hydrogens (tertiary/aromatic N) is 5. The molecular formula is C21H27N7OS. The molecule has 4 rings (SSSR count). The molecule has 1 unspecified atom stereocenters. The van der Waals surface area contributed by atoms with Gasteiger partial charge in [-0.15, -0.1) is 11.3 Å². The van der Waals surface area contributed by atoms with E-state index in [4.69, 9.17) is 4.52 Å². The maximum absolute atomic E-state index is 5.31. The van der Waals surface area contributed by atoms with Crippen molar-refractivity contribution in [2.24, 2.45) is 4.99 Å². The van der Waals surface area contributed by atoms with Gasteiger partial charge < -0.3 is 15.2 Å². The van der Waals surface area contributed by atoms with Gasteiger partial charge in [-0.05, 0) is 49.5 Å². The number of aromatic nitrogens is 3. The summed E-state index contributed by atoms with van der Waals surface area (Å²) in [6.45, 7) is 3.81. The molecule has 0 bridgehead atoms. The molecule has 0 amide bonds. The van der Waals surface area contributed by atoms with Crippen molar-refractivity contribution in [1.29, 1.82) is 0 Å². The van der Waals surface area contributed by atoms with Gasteiger partial charge in [-0.1, -0.05) is 17.3 Å². The number of pyridine rings is 1. The number of hydrogen-bond acceptors (Lipinski definition) is 7. The minimum Gasteiger partial charge on any atom is -0.356 e. The van der Waals surface area contributed by atoms with Crippen LogP contribution in [0, 0.1) is 0 Å². The van der Waals surface area contributed by atoms with Crippen LogP contribution < -0.4 is 10.6 Å². The SMILES string of the molecule is CN=C(NCCc1noc(-c2ccccn2)n1)NCC(c1cccs1)N1CCCC1. The summed E-state index contributed by atoms with van der Waals surface area (Å²) < 4.78 is 5.31. The monoisotopic (exact) mass is 425 g/mol. The lowest BCUT2D eigenvalue weighted by Crippen LogP contribution is -2.43. The van der Waals surface area contributed by atoms with Crippen molar-refractivity contribution in [1.82, 2.24) is 30.7 Å². The van der Waals surface area contributed by atoms with Crippen LogP contribution in [0.3, 0.4) is 0 Å². The van der Waals surface area contributed by atoms with Crippen molar-refractivity contribution in [2.75, 3.05) is 33.2 Å². The van der Waals surface area contributed by atoms with Crippen molar-refractivity contribution in [3.8, 4) is 11.6 Å². The number of thiophene rings is 1. The van der Waals surface area contributed by atoms with Crippen LogP contribution in [-0.2, 0) is 6.42 Å². The molecule has 4 heterocycles. The quantitative estimate of drug-likeness (QED) is 0.423. The highest BCUT2D eigenvalue weighted by atomic mass is 32.1. The molecule has 158 valence electrons. The van der Waals surface area contributed by atoms with E-state index in [1.807, 2.05) is 29.5 Å². The van der Waals surface area contributed by atoms with Gasteiger partial charge in [0, 0.05) is 37.6 Å². The Hall–Kier alpha value is -2.78. The molecule has 0 aromatic carbocycles. The van der Waals surface area contributed by atoms with E-state index in [0.29, 0.717) is 36.4 Å². The summed E-state index contributed by atoms with van der Waals surface area (Å²) in [6.07, 6.45) is 4.90. The topological polar surface area (TPSA) is 91.5 Å². The zero-order valence-electron chi connectivity index (χ0n) is 17.1. The molecule has 30 heavy (non-hydrogen) atoms. The van der Waals surface area contributed by atoms with E-state index in [0.717, 1.165) is 25.6 Å². The van der Waals surface area contributed by atoms with E-state index in [-0.39, 0.29) is 0 Å². The van der Waals surface area contributed by atoms with E-state index in [9.17, 15) is 0 Å². The van der Waals surface area contributed by atoms with Crippen LogP contribution in [0.5, 0.6) is 0 Å². The van der Waals surface area contributed by atoms with Crippen molar-refractivity contribution in [3.05, 3.63) is 52.6 Å². The van der Waals surface area contributed by atoms with Crippen LogP contribution in [0.2, 0.25) is 0 Å². The molecule has 2 N–H and O–H groups in total. The van der Waals surface area contributed by atoms with Gasteiger partial charge in [-0.3, -0.25) is 14.9 Å². The lowest BCUT2D eigenvalue weighted by atomic mass is 10.2. The molecule has 9 heteroatoms. The first-order chi connectivity index (χ1) is 14.8. The second-order valence-corrected chi connectivity index (χ2v) is 8.11. The maximum atomic E-state index is 5.31. The largest absolute Gasteiger partial charge is 0.356 e. The van der Waals surface area contributed by atoms with E-state index in [1.165, 1.54) is 17.7 Å². The van der Waals surface area contributed by atoms with E-state index in [2.05, 4.69) is 53.2 Å². The number of aliphatic imine (C=N–C) groups is 1. The van der Waals surface area contributed by atoms with Crippen LogP contribution >= 0.6 is 11.3 Å². The summed E-state index contributed by atoms with van der Waals surface area (Å²) in [5.41, 5.74) is 0.684. The Morgan fingerprint density at radius 1 is 1.23 bits per heavy atom. The summed E-state index contributed by atoms with van der Waals surface area (Å²) in [5, 5.41) is 13.0. The zero-order chi connectivity index (χ0) is 20.6. The fourth-order valence-corrected chi connectivity index (χ4v) is 4.46. The first-order valence-corrected chi connectivity index (χ1v) is 11.2. The highest BCUT2D eigenvalue weighted by Gasteiger charge is 2.24. The zero-order valence-corrected chi connectivity index (χ0v) is 17.9. The molecule has 3 aromatic heterocycles. The van der Waals surface area contributed by atoms with Gasteiger partial charge in [0.25, 0.3) is 5.89 Å². The molecule has 0 saturated carbocycles. The Kier molecular flexibility index (Phi) is 7.04. The van der Waals surface area contributed by atoms with Gasteiger partial charge in [0.15, 0.2) is 11.8 Å². The Morgan fingerprint density at radius 2 is 2.13 bits per heavy atom. The van der Waals surface area contributed by atoms with Crippen molar-refractivity contribution < 1.29 is 4.52 Å². The molecule has 1 saturated heterocycles. The fourth-order valence-electron chi connectivity index (χ4n) is 3.60. The molecular weight excluding hydrogens is 398 g/mol. The minimum absolute atomic E-state index is 0.379. The molecule has 8 nitrogen and oxygen atoms in total. The van der Waals surface area contributed by atoms with Gasteiger partial charge in [0.05, 0.1) is 6.04 Å². The van der Waals surface area contributed by atoms with Crippen LogP contribution in [0.1, 0.15) is 29.6 Å². The maximum Gasteiger partial charge on any atom is 0.276 e. The number of guanidine groups is 1. The average Bonchev–Trinajstić information content (AvgIpc) is 3.56. The van der Waals surface area contributed by atoms with Gasteiger partial charge in [0.1, 0.15) is 5.69 Å². The second kappa shape index (κ2) is 10.3. The summed E-state index contributed by atoms with van der Waals surface area (Å²) >= 11 is 1.82. The first kappa shape index (κ1) is 20.5. The molecule has 1 fully saturated rings. The first-order valence-electron chi connectivity index (χ1n) is 10.3. The summed E-state index contributed by atoms with van der Waals surface area (Å²) in [6, 6.07) is 10.3. The molecule has 3 aromatic rings. The number of hydrogen-bond donors (Lipinski definition) is 2. The third-order valence-electron chi connectivity index (χ3n) is 5.13. The predicted molar refractivity (Wildman–Crippen MR) is 118 cm³/mol. The normalized spacial score (nSPS) is 16.0. The van der Waals surface area contributed by atoms with E-state index in [1.54, 1.807) is 13.2 Å². The fraction of sp³-hybridized carbons (Fsp3) is 0.429. The lowest BCUT2D eigenvalue weighted by Gasteiger charge is -2.27. The minimum atomic E-state index is 0.379. The average molecular weight is 426 g/mol. The third-order valence-corrected chi connectivity index (χ3v) is 6.11. The van der Waals surface area contributed by atoms with Crippen LogP contribution in [0.25, 0.3) is 11.6 Å². The smallest absolute Gasteiger partial charge is 0.276 e. The number of likely N-dealkylation sites (tertiary alicyclic amines) is 1. The number of nitrogens with one attached hydrogen (secondary N) is 2. The predicted octanol–water partition coefficient (Wildman–Crippen LogP) is 2.74. The highest BCUT2D eigenvalue weighted by Crippen LogP contribution is 2.27. The van der Waals surface area contributed by atoms with Crippen molar-refractivity contribution >= 4 is 17.3 Å². The summed E-state index contributed by atoms with van der Waals surface area (Å²) in [7, 11) is 1.79. The van der Waals surface area contributed by atoms with Gasteiger partial charge in [0.2, 0.25) is 0 Å². The summed E-state index contributed by atoms with van der Waals surface area (Å²) in [5.74, 6) is 1.87. The Balaban J connectivity index is 1.27. The Bertz CT molecular complexity index is 920. The van der Waals surface area contributed by atoms with Crippen molar-refractivity contribution in [2.45, 2.75) is 25.3 Å². The lowest BCUT2D eigenvalue weighted by molar-refractivity contribution is 0.249. The molecule has 1 aliphatic heterocycles. The Morgan fingerprint density at radius 3 is 2.87 bits per heavy atom. The van der Waals surface area contributed by atoms with E-state index >= 15 is 0 Å². The Labute approximate surface area is 180 Å². The van der Waals surface area contributed by atoms with Crippen molar-refractivity contribution in [3.63, 3.8) is 0 Å². The van der Waals surface area contributed by atoms with Crippen LogP contribution in [0.4, 0.5) is 0 Å². The molecule has 0 spiro atoms. The number of rotatable bonds is 8. The van der Waals surface area contributed by atoms with Gasteiger partial charge in [-0.2, -0.15) is 4.98 Å². The second-order valence-electron chi connectivity index (χ2n) is 7.13. The molecule has 0 aliphatic carbocycles. The highest BCUT2D eigenvalue weighted by molar-refractivity contribution is 7.10. The summed E-state index contributed by atoms with van der Waals surface area (Å²) in [4.78, 5) is 17.0. The van der Waals surface area contributed by atoms with Gasteiger partial charge in [-0.25, -0.2) is 0 Å². The van der Waals surface area contributed by atoms with Crippen LogP contribution in [-0.4, -0.2) is 59.2 Å². The van der Waals surface area contributed by atoms with Crippen LogP contribution in [0.15, 0.2) is 51.4 Å². The molecule has 0 radical (unpaired) electrons. The molecule has 1 atom stereocenters. The standard InChI is InChI=1S/C21H27N7OS/c1-22-21(25-15-17(18-8-6-14-30-18)28-12-4-5-13-28)24-11-9-19-26-20(29-27-19)16-7-2-3-10-23-16/h2-3,6-8,10,14,17H,4-5,9,11-13,15H2,1H3,(H2,22,24,25). The van der Waals surface area contributed by atoms with E-state index < -0.39 is 0 Å². The van der Waals surface area contributed by atoms with Gasteiger partial charge >= 0.3 is 0 Å².